The van der Waals surface area contributed by atoms with Crippen molar-refractivity contribution < 1.29 is 25.2 Å². The standard InChI is InChI=1S/C53H103NO5/c1-3-5-7-9-11-13-15-17-19-20-21-22-23-24-25-26-27-28-29-30-31-33-34-36-38-40-42-44-46-50(56)52(58)49(48-55)54-53(59)51(57)47-45-43-41-39-37-35-32-18-16-14-12-10-8-6-4-2/h31,33,38,40,49-52,55-58H,3-30,32,34-37,39,41-48H2,1-2H3,(H,54,59)/b33-31+,40-38+. The molecule has 0 aliphatic carbocycles. The molecule has 0 radical (unpaired) electrons. The maximum Gasteiger partial charge on any atom is 0.249 e. The lowest BCUT2D eigenvalue weighted by atomic mass is 10.00. The monoisotopic (exact) mass is 834 g/mol. The Hall–Kier alpha value is -1.21. The zero-order valence-corrected chi connectivity index (χ0v) is 39.5. The van der Waals surface area contributed by atoms with E-state index < -0.39 is 36.9 Å². The van der Waals surface area contributed by atoms with Crippen LogP contribution in [0.4, 0.5) is 0 Å². The quantitative estimate of drug-likeness (QED) is 0.0310. The van der Waals surface area contributed by atoms with Crippen molar-refractivity contribution in [2.75, 3.05) is 6.61 Å². The minimum absolute atomic E-state index is 0.364. The minimum Gasteiger partial charge on any atom is -0.394 e. The second-order valence-corrected chi connectivity index (χ2v) is 18.2. The van der Waals surface area contributed by atoms with E-state index in [1.807, 2.05) is 0 Å². The number of unbranched alkanes of at least 4 members (excludes halogenated alkanes) is 35. The van der Waals surface area contributed by atoms with Gasteiger partial charge in [0.15, 0.2) is 0 Å². The predicted molar refractivity (Wildman–Crippen MR) is 256 cm³/mol. The summed E-state index contributed by atoms with van der Waals surface area (Å²) in [5, 5.41) is 43.8. The number of carbonyl (C=O) groups excluding carboxylic acids is 1. The molecule has 59 heavy (non-hydrogen) atoms. The Bertz CT molecular complexity index is 893. The molecule has 0 aromatic rings. The molecule has 350 valence electrons. The molecule has 4 unspecified atom stereocenters. The zero-order chi connectivity index (χ0) is 43.1. The van der Waals surface area contributed by atoms with E-state index in [0.29, 0.717) is 19.3 Å². The van der Waals surface area contributed by atoms with Crippen molar-refractivity contribution in [1.82, 2.24) is 5.32 Å². The molecule has 4 atom stereocenters. The third kappa shape index (κ3) is 41.9. The van der Waals surface area contributed by atoms with E-state index in [9.17, 15) is 25.2 Å². The smallest absolute Gasteiger partial charge is 0.249 e. The van der Waals surface area contributed by atoms with Crippen molar-refractivity contribution in [2.24, 2.45) is 0 Å². The van der Waals surface area contributed by atoms with Crippen LogP contribution in [0.3, 0.4) is 0 Å². The third-order valence-corrected chi connectivity index (χ3v) is 12.4. The van der Waals surface area contributed by atoms with E-state index in [2.05, 4.69) is 43.5 Å². The van der Waals surface area contributed by atoms with Crippen molar-refractivity contribution in [3.05, 3.63) is 24.3 Å². The van der Waals surface area contributed by atoms with Gasteiger partial charge in [0.05, 0.1) is 18.8 Å². The van der Waals surface area contributed by atoms with Crippen LogP contribution in [0, 0.1) is 0 Å². The van der Waals surface area contributed by atoms with Crippen molar-refractivity contribution in [3.63, 3.8) is 0 Å². The highest BCUT2D eigenvalue weighted by molar-refractivity contribution is 5.80. The average molecular weight is 834 g/mol. The largest absolute Gasteiger partial charge is 0.394 e. The van der Waals surface area contributed by atoms with Crippen LogP contribution < -0.4 is 5.32 Å². The number of aliphatic hydroxyl groups excluding tert-OH is 4. The summed E-state index contributed by atoms with van der Waals surface area (Å²) in [6.07, 6.45) is 56.7. The van der Waals surface area contributed by atoms with Crippen molar-refractivity contribution in [2.45, 2.75) is 301 Å². The van der Waals surface area contributed by atoms with Crippen LogP contribution in [0.5, 0.6) is 0 Å². The van der Waals surface area contributed by atoms with Crippen molar-refractivity contribution >= 4 is 5.91 Å². The fraction of sp³-hybridized carbons (Fsp3) is 0.906. The Morgan fingerprint density at radius 2 is 0.712 bits per heavy atom. The lowest BCUT2D eigenvalue weighted by Gasteiger charge is -2.27. The molecule has 6 nitrogen and oxygen atoms in total. The molecule has 0 bridgehead atoms. The third-order valence-electron chi connectivity index (χ3n) is 12.4. The highest BCUT2D eigenvalue weighted by Crippen LogP contribution is 2.17. The van der Waals surface area contributed by atoms with E-state index in [-0.39, 0.29) is 0 Å². The summed E-state index contributed by atoms with van der Waals surface area (Å²) in [5.74, 6) is -0.594. The molecule has 0 spiro atoms. The molecule has 1 amide bonds. The van der Waals surface area contributed by atoms with Gasteiger partial charge < -0.3 is 25.7 Å². The molecule has 0 heterocycles. The van der Waals surface area contributed by atoms with Gasteiger partial charge in [-0.25, -0.2) is 0 Å². The first-order valence-corrected chi connectivity index (χ1v) is 26.2. The molecule has 0 fully saturated rings. The SMILES string of the molecule is CCCCCCCCCCCCCCCCCCCCC/C=C/CC/C=C/CCCC(O)C(O)C(CO)NC(=O)C(O)CCCCCCCCCCCCCCCCC. The van der Waals surface area contributed by atoms with Gasteiger partial charge in [-0.3, -0.25) is 4.79 Å². The van der Waals surface area contributed by atoms with Gasteiger partial charge in [-0.15, -0.1) is 0 Å². The van der Waals surface area contributed by atoms with Crippen molar-refractivity contribution in [1.29, 1.82) is 0 Å². The van der Waals surface area contributed by atoms with Gasteiger partial charge in [-0.2, -0.15) is 0 Å². The van der Waals surface area contributed by atoms with Crippen LogP contribution in [0.25, 0.3) is 0 Å². The summed E-state index contributed by atoms with van der Waals surface area (Å²) in [5.41, 5.74) is 0. The van der Waals surface area contributed by atoms with E-state index in [1.54, 1.807) is 0 Å². The summed E-state index contributed by atoms with van der Waals surface area (Å²) >= 11 is 0. The Balaban J connectivity index is 3.68. The number of hydrogen-bond acceptors (Lipinski definition) is 5. The molecular formula is C53H103NO5. The summed E-state index contributed by atoms with van der Waals surface area (Å²) in [6.45, 7) is 4.06. The van der Waals surface area contributed by atoms with E-state index in [4.69, 9.17) is 0 Å². The van der Waals surface area contributed by atoms with Gasteiger partial charge in [0.1, 0.15) is 12.2 Å². The lowest BCUT2D eigenvalue weighted by Crippen LogP contribution is -2.53. The first-order chi connectivity index (χ1) is 29.0. The van der Waals surface area contributed by atoms with Gasteiger partial charge >= 0.3 is 0 Å². The van der Waals surface area contributed by atoms with Crippen molar-refractivity contribution in [3.8, 4) is 0 Å². The number of amides is 1. The Labute approximate surface area is 367 Å². The molecular weight excluding hydrogens is 731 g/mol. The fourth-order valence-corrected chi connectivity index (χ4v) is 8.25. The molecule has 5 N–H and O–H groups in total. The maximum absolute atomic E-state index is 12.5. The van der Waals surface area contributed by atoms with Crippen LogP contribution in [-0.2, 0) is 4.79 Å². The van der Waals surface area contributed by atoms with E-state index in [0.717, 1.165) is 38.5 Å². The molecule has 0 aromatic heterocycles. The van der Waals surface area contributed by atoms with Crippen LogP contribution in [0.2, 0.25) is 0 Å². The highest BCUT2D eigenvalue weighted by atomic mass is 16.3. The van der Waals surface area contributed by atoms with Crippen LogP contribution in [0.1, 0.15) is 277 Å². The zero-order valence-electron chi connectivity index (χ0n) is 39.5. The molecule has 0 aromatic carbocycles. The number of rotatable bonds is 48. The molecule has 0 aliphatic rings. The Morgan fingerprint density at radius 3 is 1.07 bits per heavy atom. The van der Waals surface area contributed by atoms with Crippen LogP contribution in [0.15, 0.2) is 24.3 Å². The highest BCUT2D eigenvalue weighted by Gasteiger charge is 2.28. The van der Waals surface area contributed by atoms with Crippen LogP contribution in [-0.4, -0.2) is 57.3 Å². The van der Waals surface area contributed by atoms with E-state index in [1.165, 1.54) is 205 Å². The van der Waals surface area contributed by atoms with E-state index >= 15 is 0 Å². The van der Waals surface area contributed by atoms with Gasteiger partial charge in [0.25, 0.3) is 0 Å². The number of hydrogen-bond donors (Lipinski definition) is 5. The summed E-state index contributed by atoms with van der Waals surface area (Å²) in [4.78, 5) is 12.5. The van der Waals surface area contributed by atoms with Crippen LogP contribution >= 0.6 is 0 Å². The topological polar surface area (TPSA) is 110 Å². The Morgan fingerprint density at radius 1 is 0.407 bits per heavy atom. The Kier molecular flexibility index (Phi) is 46.9. The molecule has 0 rings (SSSR count). The normalized spacial score (nSPS) is 14.1. The van der Waals surface area contributed by atoms with Gasteiger partial charge in [0, 0.05) is 0 Å². The molecule has 0 aliphatic heterocycles. The van der Waals surface area contributed by atoms with Gasteiger partial charge in [-0.05, 0) is 51.4 Å². The average Bonchev–Trinajstić information content (AvgIpc) is 3.24. The molecule has 6 heteroatoms. The summed E-state index contributed by atoms with van der Waals surface area (Å²) < 4.78 is 0. The second-order valence-electron chi connectivity index (χ2n) is 18.2. The number of aliphatic hydroxyl groups is 4. The summed E-state index contributed by atoms with van der Waals surface area (Å²) in [6, 6.07) is -1.01. The first-order valence-electron chi connectivity index (χ1n) is 26.2. The minimum atomic E-state index is -1.29. The molecule has 0 saturated heterocycles. The first kappa shape index (κ1) is 57.8. The summed E-state index contributed by atoms with van der Waals surface area (Å²) in [7, 11) is 0. The second kappa shape index (κ2) is 47.8. The number of carbonyl (C=O) groups is 1. The predicted octanol–water partition coefficient (Wildman–Crippen LogP) is 14.7. The fourth-order valence-electron chi connectivity index (χ4n) is 8.25. The van der Waals surface area contributed by atoms with Gasteiger partial charge in [-0.1, -0.05) is 250 Å². The van der Waals surface area contributed by atoms with Gasteiger partial charge in [0.2, 0.25) is 5.91 Å². The molecule has 0 saturated carbocycles. The number of allylic oxidation sites excluding steroid dienone is 4. The lowest BCUT2D eigenvalue weighted by molar-refractivity contribution is -0.132. The maximum atomic E-state index is 12.5. The number of nitrogens with one attached hydrogen (secondary N) is 1.